The zero-order valence-corrected chi connectivity index (χ0v) is 16.1. The third-order valence-electron chi connectivity index (χ3n) is 3.41. The van der Waals surface area contributed by atoms with E-state index in [-0.39, 0.29) is 6.29 Å². The fourth-order valence-electron chi connectivity index (χ4n) is 1.87. The van der Waals surface area contributed by atoms with Crippen LogP contribution < -0.4 is 0 Å². The van der Waals surface area contributed by atoms with Gasteiger partial charge < -0.3 is 40.5 Å². The number of rotatable bonds is 14. The van der Waals surface area contributed by atoms with Crippen molar-refractivity contribution in [3.05, 3.63) is 0 Å². The maximum Gasteiger partial charge on any atom is 0.275 e. The van der Waals surface area contributed by atoms with Crippen LogP contribution in [0.1, 0.15) is 0 Å². The Morgan fingerprint density at radius 1 is 0.897 bits per heavy atom. The number of aliphatic hydroxyl groups excluding tert-OH is 7. The van der Waals surface area contributed by atoms with Gasteiger partial charge in [0.05, 0.1) is 12.7 Å². The molecule has 17 heteroatoms. The number of Topliss-reactive ketones (excluding diaryl/α,β-unsaturated/α-hetero) is 1. The molecule has 29 heavy (non-hydrogen) atoms. The van der Waals surface area contributed by atoms with Crippen molar-refractivity contribution >= 4 is 32.3 Å². The van der Waals surface area contributed by atoms with Crippen molar-refractivity contribution in [1.29, 1.82) is 0 Å². The molecular weight excluding hydrogens is 448 g/mol. The van der Waals surface area contributed by atoms with Gasteiger partial charge in [-0.3, -0.25) is 13.5 Å². The highest BCUT2D eigenvalue weighted by Crippen LogP contribution is 2.12. The molecule has 0 spiro atoms. The maximum atomic E-state index is 11.8. The second-order valence-electron chi connectivity index (χ2n) is 5.85. The molecule has 0 saturated heterocycles. The van der Waals surface area contributed by atoms with Crippen LogP contribution in [0.15, 0.2) is 0 Å². The number of hydrogen-bond donors (Lipinski definition) is 8. The Kier molecular flexibility index (Phi) is 10.9. The Morgan fingerprint density at radius 2 is 1.41 bits per heavy atom. The van der Waals surface area contributed by atoms with Crippen LogP contribution in [-0.4, -0.2) is 130 Å². The average molecular weight is 470 g/mol. The summed E-state index contributed by atoms with van der Waals surface area (Å²) in [5, 5.41) is 65.2. The van der Waals surface area contributed by atoms with Crippen molar-refractivity contribution in [2.75, 3.05) is 18.1 Å². The van der Waals surface area contributed by atoms with Crippen LogP contribution in [0.25, 0.3) is 0 Å². The van der Waals surface area contributed by atoms with Gasteiger partial charge in [-0.1, -0.05) is 0 Å². The molecular formula is C12H22O15S2. The molecule has 0 aliphatic rings. The van der Waals surface area contributed by atoms with Crippen molar-refractivity contribution in [3.63, 3.8) is 0 Å². The SMILES string of the molecule is O=C[C@H](OS(=O)(=O)CC(=O)[C@H](O)[C@H](O)[C@@H](O)CO)[C@@H](O)[C@@H](O)[C@H](O)CS(=O)(=O)O. The minimum Gasteiger partial charge on any atom is -0.394 e. The number of carbonyl (C=O) groups excluding carboxylic acids is 2. The monoisotopic (exact) mass is 470 g/mol. The normalized spacial score (nSPS) is 20.1. The van der Waals surface area contributed by atoms with Gasteiger partial charge in [-0.05, 0) is 0 Å². The third-order valence-corrected chi connectivity index (χ3v) is 5.32. The molecule has 0 amide bonds. The van der Waals surface area contributed by atoms with Crippen molar-refractivity contribution in [1.82, 2.24) is 0 Å². The summed E-state index contributed by atoms with van der Waals surface area (Å²) >= 11 is 0. The quantitative estimate of drug-likeness (QED) is 0.0665. The Hall–Kier alpha value is -1.12. The maximum absolute atomic E-state index is 11.8. The fraction of sp³-hybridized carbons (Fsp3) is 0.833. The molecule has 0 bridgehead atoms. The zero-order chi connectivity index (χ0) is 23.2. The number of aliphatic hydroxyl groups is 7. The highest BCUT2D eigenvalue weighted by molar-refractivity contribution is 7.87. The number of aldehydes is 1. The van der Waals surface area contributed by atoms with E-state index in [0.29, 0.717) is 0 Å². The Labute approximate surface area is 164 Å². The largest absolute Gasteiger partial charge is 0.394 e. The van der Waals surface area contributed by atoms with Crippen LogP contribution in [0.5, 0.6) is 0 Å². The lowest BCUT2D eigenvalue weighted by atomic mass is 10.1. The summed E-state index contributed by atoms with van der Waals surface area (Å²) in [5.74, 6) is -4.78. The van der Waals surface area contributed by atoms with Crippen molar-refractivity contribution in [2.24, 2.45) is 0 Å². The van der Waals surface area contributed by atoms with Gasteiger partial charge in [0.15, 0.2) is 18.2 Å². The number of hydrogen-bond acceptors (Lipinski definition) is 14. The first-order chi connectivity index (χ1) is 13.1. The van der Waals surface area contributed by atoms with Gasteiger partial charge in [-0.25, -0.2) is 0 Å². The summed E-state index contributed by atoms with van der Waals surface area (Å²) in [5.41, 5.74) is 0. The molecule has 15 nitrogen and oxygen atoms in total. The van der Waals surface area contributed by atoms with Crippen LogP contribution in [-0.2, 0) is 34.0 Å². The van der Waals surface area contributed by atoms with Gasteiger partial charge >= 0.3 is 0 Å². The minimum atomic E-state index is -5.06. The molecule has 0 aromatic rings. The van der Waals surface area contributed by atoms with E-state index in [1.807, 2.05) is 0 Å². The van der Waals surface area contributed by atoms with E-state index in [2.05, 4.69) is 4.18 Å². The summed E-state index contributed by atoms with van der Waals surface area (Å²) in [6, 6.07) is 0. The van der Waals surface area contributed by atoms with Crippen LogP contribution in [0.2, 0.25) is 0 Å². The van der Waals surface area contributed by atoms with Crippen molar-refractivity contribution in [3.8, 4) is 0 Å². The molecule has 0 aliphatic heterocycles. The van der Waals surface area contributed by atoms with Crippen molar-refractivity contribution in [2.45, 2.75) is 42.7 Å². The molecule has 0 saturated carbocycles. The molecule has 0 fully saturated rings. The molecule has 0 aromatic carbocycles. The Morgan fingerprint density at radius 3 is 1.83 bits per heavy atom. The molecule has 0 radical (unpaired) electrons. The molecule has 172 valence electrons. The smallest absolute Gasteiger partial charge is 0.275 e. The molecule has 0 aromatic heterocycles. The van der Waals surface area contributed by atoms with Gasteiger partial charge in [-0.2, -0.15) is 16.8 Å². The van der Waals surface area contributed by atoms with E-state index in [4.69, 9.17) is 14.8 Å². The van der Waals surface area contributed by atoms with Crippen LogP contribution in [0, 0.1) is 0 Å². The molecule has 7 atom stereocenters. The lowest BCUT2D eigenvalue weighted by molar-refractivity contribution is -0.138. The van der Waals surface area contributed by atoms with E-state index in [0.717, 1.165) is 0 Å². The van der Waals surface area contributed by atoms with Gasteiger partial charge in [0.2, 0.25) is 0 Å². The van der Waals surface area contributed by atoms with Crippen molar-refractivity contribution < 1.29 is 70.9 Å². The Balaban J connectivity index is 5.18. The van der Waals surface area contributed by atoms with Crippen LogP contribution in [0.4, 0.5) is 0 Å². The lowest BCUT2D eigenvalue weighted by Gasteiger charge is -2.26. The predicted molar refractivity (Wildman–Crippen MR) is 89.3 cm³/mol. The topological polar surface area (TPSA) is 273 Å². The molecule has 8 N–H and O–H groups in total. The van der Waals surface area contributed by atoms with Gasteiger partial charge in [0.1, 0.15) is 42.0 Å². The number of carbonyl (C=O) groups is 2. The summed E-state index contributed by atoms with van der Waals surface area (Å²) in [7, 11) is -9.87. The zero-order valence-electron chi connectivity index (χ0n) is 14.5. The summed E-state index contributed by atoms with van der Waals surface area (Å²) in [6.45, 7) is -1.07. The first kappa shape index (κ1) is 27.9. The Bertz CT molecular complexity index is 747. The van der Waals surface area contributed by atoms with E-state index in [1.54, 1.807) is 0 Å². The van der Waals surface area contributed by atoms with Crippen LogP contribution >= 0.6 is 0 Å². The van der Waals surface area contributed by atoms with Gasteiger partial charge in [0.25, 0.3) is 20.2 Å². The molecule has 0 heterocycles. The first-order valence-corrected chi connectivity index (χ1v) is 10.8. The highest BCUT2D eigenvalue weighted by atomic mass is 32.2. The molecule has 0 unspecified atom stereocenters. The second kappa shape index (κ2) is 11.3. The average Bonchev–Trinajstić information content (AvgIpc) is 2.60. The fourth-order valence-corrected chi connectivity index (χ4v) is 3.58. The van der Waals surface area contributed by atoms with E-state index < -0.39 is 86.9 Å². The van der Waals surface area contributed by atoms with E-state index in [9.17, 15) is 52.0 Å². The molecule has 0 aliphatic carbocycles. The van der Waals surface area contributed by atoms with Gasteiger partial charge in [-0.15, -0.1) is 0 Å². The standard InChI is InChI=1S/C12H22O15S2/c13-1-5(15)9(18)10(19)7(17)4-29(25,26)27-8(2-14)12(21)11(20)6(16)3-28(22,23)24/h2,5-6,8-13,15-16,18-21H,1,3-4H2,(H,22,23,24)/t5-,6+,8-,9+,10-,11-,12+/m0/s1. The molecule has 0 rings (SSSR count). The predicted octanol–water partition coefficient (Wildman–Crippen LogP) is -6.49. The second-order valence-corrected chi connectivity index (χ2v) is 8.94. The minimum absolute atomic E-state index is 0.364. The first-order valence-electron chi connectivity index (χ1n) is 7.59. The third kappa shape index (κ3) is 9.49. The summed E-state index contributed by atoms with van der Waals surface area (Å²) in [4.78, 5) is 22.6. The lowest BCUT2D eigenvalue weighted by Crippen LogP contribution is -2.49. The van der Waals surface area contributed by atoms with Crippen LogP contribution in [0.3, 0.4) is 0 Å². The van der Waals surface area contributed by atoms with E-state index in [1.165, 1.54) is 0 Å². The van der Waals surface area contributed by atoms with Gasteiger partial charge in [0, 0.05) is 0 Å². The highest BCUT2D eigenvalue weighted by Gasteiger charge is 2.38. The summed E-state index contributed by atoms with van der Waals surface area (Å²) < 4.78 is 57.6. The number of ketones is 1. The summed E-state index contributed by atoms with van der Waals surface area (Å²) in [6.07, 6.45) is -16.9. The van der Waals surface area contributed by atoms with E-state index >= 15 is 0 Å².